The zero-order chi connectivity index (χ0) is 6.78. The molecule has 0 fully saturated rings. The van der Waals surface area contributed by atoms with Crippen molar-refractivity contribution in [3.63, 3.8) is 0 Å². The molecule has 0 unspecified atom stereocenters. The first kappa shape index (κ1) is 8.46. The van der Waals surface area contributed by atoms with Crippen LogP contribution in [0.15, 0.2) is 0 Å². The van der Waals surface area contributed by atoms with Crippen LogP contribution in [-0.4, -0.2) is 32.6 Å². The van der Waals surface area contributed by atoms with Crippen molar-refractivity contribution in [2.75, 3.05) is 14.1 Å². The van der Waals surface area contributed by atoms with Crippen molar-refractivity contribution in [3.8, 4) is 0 Å². The molecule has 2 nitrogen and oxygen atoms in total. The molecule has 0 aliphatic carbocycles. The van der Waals surface area contributed by atoms with Crippen LogP contribution in [0.4, 0.5) is 0 Å². The van der Waals surface area contributed by atoms with Crippen molar-refractivity contribution in [1.82, 2.24) is 9.39 Å². The van der Waals surface area contributed by atoms with Gasteiger partial charge in [-0.2, -0.15) is 0 Å². The van der Waals surface area contributed by atoms with E-state index >= 15 is 0 Å². The molecule has 0 aliphatic heterocycles. The fourth-order valence-electron chi connectivity index (χ4n) is 0.671. The molecule has 0 spiro atoms. The van der Waals surface area contributed by atoms with Crippen LogP contribution in [-0.2, 0) is 0 Å². The summed E-state index contributed by atoms with van der Waals surface area (Å²) in [7, 11) is 4.08. The van der Waals surface area contributed by atoms with Gasteiger partial charge < -0.3 is 0 Å². The fourth-order valence-corrected chi connectivity index (χ4v) is 3.49. The first-order valence-electron chi connectivity index (χ1n) is 2.87. The van der Waals surface area contributed by atoms with E-state index in [0.29, 0.717) is 0 Å². The Bertz CT molecular complexity index is 65.3. The monoisotopic (exact) mass is 178 g/mol. The van der Waals surface area contributed by atoms with Gasteiger partial charge in [0.25, 0.3) is 0 Å². The van der Waals surface area contributed by atoms with Crippen LogP contribution >= 0.6 is 0 Å². The molecule has 3 heteroatoms. The van der Waals surface area contributed by atoms with Gasteiger partial charge in [0.15, 0.2) is 0 Å². The predicted molar refractivity (Wildman–Crippen MR) is 40.2 cm³/mol. The van der Waals surface area contributed by atoms with Crippen LogP contribution in [0.3, 0.4) is 0 Å². The normalized spacial score (nSPS) is 12.8. The van der Waals surface area contributed by atoms with Crippen molar-refractivity contribution in [2.24, 2.45) is 0 Å². The number of hydrogen-bond acceptors (Lipinski definition) is 2. The summed E-state index contributed by atoms with van der Waals surface area (Å²) >= 11 is -1.48. The Morgan fingerprint density at radius 3 is 1.50 bits per heavy atom. The van der Waals surface area contributed by atoms with Gasteiger partial charge in [-0.15, -0.1) is 0 Å². The molecular weight excluding hydrogens is 161 g/mol. The van der Waals surface area contributed by atoms with Gasteiger partial charge in [-0.25, -0.2) is 0 Å². The molecule has 8 heavy (non-hydrogen) atoms. The summed E-state index contributed by atoms with van der Waals surface area (Å²) in [6, 6.07) is 0. The van der Waals surface area contributed by atoms with Gasteiger partial charge in [0.1, 0.15) is 0 Å². The first-order valence-corrected chi connectivity index (χ1v) is 10.2. The number of nitrogens with zero attached hydrogens (tertiary/aromatic N) is 1. The van der Waals surface area contributed by atoms with E-state index in [2.05, 4.69) is 21.7 Å². The van der Waals surface area contributed by atoms with Crippen LogP contribution in [0, 0.1) is 0 Å². The third kappa shape index (κ3) is 6.46. The van der Waals surface area contributed by atoms with Crippen LogP contribution < -0.4 is 4.38 Å². The average Bonchev–Trinajstić information content (AvgIpc) is 1.21. The molecule has 0 heterocycles. The third-order valence-electron chi connectivity index (χ3n) is 0.559. The Morgan fingerprint density at radius 2 is 1.50 bits per heavy atom. The van der Waals surface area contributed by atoms with Gasteiger partial charge in [-0.1, -0.05) is 0 Å². The summed E-state index contributed by atoms with van der Waals surface area (Å²) < 4.78 is 3.40. The minimum atomic E-state index is -1.48. The molecule has 0 aromatic carbocycles. The molecule has 50 valence electrons. The van der Waals surface area contributed by atoms with E-state index in [-0.39, 0.29) is 0 Å². The van der Waals surface area contributed by atoms with Crippen molar-refractivity contribution in [2.45, 2.75) is 17.3 Å². The second-order valence-corrected chi connectivity index (χ2v) is 13.2. The molecule has 0 bridgehead atoms. The van der Waals surface area contributed by atoms with Gasteiger partial charge in [-0.3, -0.25) is 0 Å². The summed E-state index contributed by atoms with van der Waals surface area (Å²) in [5.41, 5.74) is 0. The van der Waals surface area contributed by atoms with E-state index < -0.39 is 13.5 Å². The van der Waals surface area contributed by atoms with Gasteiger partial charge >= 0.3 is 54.2 Å². The predicted octanol–water partition coefficient (Wildman–Crippen LogP) is 0.887. The molecule has 0 amide bonds. The SMILES string of the molecule is CN(C)[NH][Ge]([CH3])([CH3])[CH3]. The van der Waals surface area contributed by atoms with E-state index in [1.807, 2.05) is 19.1 Å². The summed E-state index contributed by atoms with van der Waals surface area (Å²) in [6.45, 7) is 0. The molecule has 0 saturated heterocycles. The quantitative estimate of drug-likeness (QED) is 0.497. The first-order chi connectivity index (χ1) is 3.42. The van der Waals surface area contributed by atoms with Crippen LogP contribution in [0.2, 0.25) is 17.3 Å². The summed E-state index contributed by atoms with van der Waals surface area (Å²) in [6.07, 6.45) is 0. The zero-order valence-corrected chi connectivity index (χ0v) is 8.55. The molecule has 0 atom stereocenters. The fraction of sp³-hybridized carbons (Fsp3) is 1.00. The number of hydrazine groups is 1. The average molecular weight is 177 g/mol. The Labute approximate surface area is 54.8 Å². The number of rotatable bonds is 2. The summed E-state index contributed by atoms with van der Waals surface area (Å²) in [5, 5.41) is 2.04. The Hall–Kier alpha value is 0.463. The van der Waals surface area contributed by atoms with E-state index in [9.17, 15) is 0 Å². The molecule has 1 N–H and O–H groups in total. The third-order valence-corrected chi connectivity index (χ3v) is 2.90. The second-order valence-electron chi connectivity index (χ2n) is 3.26. The van der Waals surface area contributed by atoms with Crippen LogP contribution in [0.25, 0.3) is 0 Å². The van der Waals surface area contributed by atoms with Crippen LogP contribution in [0.5, 0.6) is 0 Å². The Morgan fingerprint density at radius 1 is 1.12 bits per heavy atom. The maximum atomic E-state index is 3.40. The zero-order valence-electron chi connectivity index (χ0n) is 6.45. The Kier molecular flexibility index (Phi) is 3.01. The van der Waals surface area contributed by atoms with Crippen LogP contribution in [0.1, 0.15) is 0 Å². The minimum absolute atomic E-state index is 1.48. The van der Waals surface area contributed by atoms with Gasteiger partial charge in [0.05, 0.1) is 0 Å². The topological polar surface area (TPSA) is 15.3 Å². The van der Waals surface area contributed by atoms with E-state index in [1.165, 1.54) is 0 Å². The van der Waals surface area contributed by atoms with Gasteiger partial charge in [-0.05, 0) is 0 Å². The van der Waals surface area contributed by atoms with Crippen molar-refractivity contribution < 1.29 is 0 Å². The van der Waals surface area contributed by atoms with E-state index in [4.69, 9.17) is 0 Å². The number of nitrogens with one attached hydrogen (secondary N) is 1. The van der Waals surface area contributed by atoms with Gasteiger partial charge in [0.2, 0.25) is 0 Å². The molecule has 0 rings (SSSR count). The van der Waals surface area contributed by atoms with Crippen molar-refractivity contribution >= 4 is 13.5 Å². The molecular formula is C5H16GeN2. The van der Waals surface area contributed by atoms with E-state index in [1.54, 1.807) is 0 Å². The molecule has 0 aromatic heterocycles. The Balaban J connectivity index is 3.39. The molecule has 0 aromatic rings. The molecule has 0 saturated carbocycles. The molecule has 0 aliphatic rings. The second kappa shape index (κ2) is 2.85. The summed E-state index contributed by atoms with van der Waals surface area (Å²) in [4.78, 5) is 0. The van der Waals surface area contributed by atoms with Crippen molar-refractivity contribution in [3.05, 3.63) is 0 Å². The maximum absolute atomic E-state index is 3.40. The standard InChI is InChI=1S/C5H16GeN2/c1-6(2,3)7-8(4)5/h7H,1-5H3. The summed E-state index contributed by atoms with van der Waals surface area (Å²) in [5.74, 6) is 6.96. The van der Waals surface area contributed by atoms with E-state index in [0.717, 1.165) is 0 Å². The van der Waals surface area contributed by atoms with Gasteiger partial charge in [0, 0.05) is 0 Å². The number of hydrogen-bond donors (Lipinski definition) is 1. The van der Waals surface area contributed by atoms with Crippen molar-refractivity contribution in [1.29, 1.82) is 0 Å². The molecule has 0 radical (unpaired) electrons.